The van der Waals surface area contributed by atoms with Crippen LogP contribution >= 0.6 is 0 Å². The maximum absolute atomic E-state index is 12.5. The summed E-state index contributed by atoms with van der Waals surface area (Å²) in [6.07, 6.45) is 11.7. The van der Waals surface area contributed by atoms with E-state index in [0.29, 0.717) is 43.3 Å². The molecule has 0 radical (unpaired) electrons. The number of rotatable bonds is 12. The van der Waals surface area contributed by atoms with Crippen LogP contribution in [-0.2, 0) is 28.0 Å². The number of aromatic nitrogens is 3. The number of likely N-dealkylation sites (N-methyl/N-ethyl adjacent to an activating group) is 1. The van der Waals surface area contributed by atoms with Crippen molar-refractivity contribution in [1.82, 2.24) is 30.1 Å². The van der Waals surface area contributed by atoms with Crippen LogP contribution in [0.2, 0.25) is 0 Å². The molecule has 0 saturated heterocycles. The first kappa shape index (κ1) is 34.5. The van der Waals surface area contributed by atoms with Crippen molar-refractivity contribution in [2.75, 3.05) is 11.9 Å². The molecule has 2 saturated carbocycles. The lowest BCUT2D eigenvalue weighted by molar-refractivity contribution is -0.129. The lowest BCUT2D eigenvalue weighted by Gasteiger charge is -2.48. The van der Waals surface area contributed by atoms with Gasteiger partial charge in [-0.05, 0) is 76.3 Å². The number of pyridine rings is 1. The van der Waals surface area contributed by atoms with Gasteiger partial charge in [0.15, 0.2) is 0 Å². The van der Waals surface area contributed by atoms with E-state index in [4.69, 9.17) is 0 Å². The number of fused-ring (bicyclic) bond motifs is 2. The molecule has 0 spiro atoms. The number of aliphatic hydroxyl groups is 1. The van der Waals surface area contributed by atoms with Crippen molar-refractivity contribution in [1.29, 1.82) is 0 Å². The number of carbonyl (C=O) groups excluding carboxylic acids is 4. The zero-order chi connectivity index (χ0) is 32.3. The number of carbonyl (C=O) groups is 4. The summed E-state index contributed by atoms with van der Waals surface area (Å²) in [6, 6.07) is 3.04. The summed E-state index contributed by atoms with van der Waals surface area (Å²) in [5.41, 5.74) is 0.194. The number of imidazole rings is 1. The number of anilines is 1. The summed E-state index contributed by atoms with van der Waals surface area (Å²) in [5, 5.41) is 20.6. The molecule has 2 fully saturated rings. The Hall–Kier alpha value is -4.00. The third-order valence-electron chi connectivity index (χ3n) is 8.33. The lowest BCUT2D eigenvalue weighted by Crippen LogP contribution is -2.55. The predicted octanol–water partition coefficient (Wildman–Crippen LogP) is 1.71. The van der Waals surface area contributed by atoms with Gasteiger partial charge in [-0.3, -0.25) is 24.0 Å². The van der Waals surface area contributed by atoms with Gasteiger partial charge in [0, 0.05) is 31.4 Å². The average molecular weight is 614 g/mol. The van der Waals surface area contributed by atoms with Crippen LogP contribution in [0.15, 0.2) is 35.6 Å². The molecule has 13 nitrogen and oxygen atoms in total. The number of aliphatic hydroxyl groups excluding tert-OH is 1. The quantitative estimate of drug-likeness (QED) is 0.226. The van der Waals surface area contributed by atoms with Gasteiger partial charge in [0.2, 0.25) is 18.2 Å². The monoisotopic (exact) mass is 613 g/mol. The van der Waals surface area contributed by atoms with Gasteiger partial charge in [-0.15, -0.1) is 0 Å². The number of amides is 4. The van der Waals surface area contributed by atoms with Crippen molar-refractivity contribution < 1.29 is 24.3 Å². The second-order valence-electron chi connectivity index (χ2n) is 12.2. The molecule has 242 valence electrons. The van der Waals surface area contributed by atoms with Gasteiger partial charge >= 0.3 is 0 Å². The topological polar surface area (TPSA) is 176 Å². The van der Waals surface area contributed by atoms with Crippen LogP contribution < -0.4 is 26.8 Å². The Balaban J connectivity index is 0.000000245. The Bertz CT molecular complexity index is 1340. The summed E-state index contributed by atoms with van der Waals surface area (Å²) in [4.78, 5) is 62.4. The zero-order valence-corrected chi connectivity index (χ0v) is 26.2. The maximum atomic E-state index is 12.5. The summed E-state index contributed by atoms with van der Waals surface area (Å²) < 4.78 is 2.97. The minimum atomic E-state index is -1.04. The van der Waals surface area contributed by atoms with E-state index in [2.05, 4.69) is 33.2 Å². The predicted molar refractivity (Wildman–Crippen MR) is 166 cm³/mol. The fourth-order valence-corrected chi connectivity index (χ4v) is 6.46. The van der Waals surface area contributed by atoms with Crippen LogP contribution in [0.4, 0.5) is 5.69 Å². The molecule has 2 heterocycles. The number of nitrogens with one attached hydrogen (secondary N) is 4. The summed E-state index contributed by atoms with van der Waals surface area (Å²) in [6.45, 7) is 6.36. The van der Waals surface area contributed by atoms with Gasteiger partial charge in [0.05, 0.1) is 12.5 Å². The molecule has 4 amide bonds. The van der Waals surface area contributed by atoms with Crippen molar-refractivity contribution in [2.45, 2.75) is 96.4 Å². The van der Waals surface area contributed by atoms with Gasteiger partial charge in [-0.25, -0.2) is 4.98 Å². The number of nitrogens with zero attached hydrogens (tertiary/aromatic N) is 3. The highest BCUT2D eigenvalue weighted by molar-refractivity contribution is 5.92. The van der Waals surface area contributed by atoms with E-state index in [0.717, 1.165) is 25.7 Å². The molecule has 13 heteroatoms. The molecule has 5 unspecified atom stereocenters. The first-order valence-corrected chi connectivity index (χ1v) is 15.4. The molecular formula is C31H47N7O6. The highest BCUT2D eigenvalue weighted by atomic mass is 16.3. The molecule has 44 heavy (non-hydrogen) atoms. The standard InChI is InChI=1S/C18H25N3O3.C13H22N4O3/c1-13-8-14-4-2-6-18(9-13,10-14)20-16(23)11-21-7-3-5-15(17(21)24)19-12-22;1-4-15-13(20)11(18)6-5-9(2)16-12(19)10-7-14-8-17(10)3/h3,5,7,12-14H,2,4,6,8-11H2,1H3,(H,19,22)(H,20,23);7-9,11,18H,4-6H2,1-3H3,(H,15,20)(H,16,19). The minimum absolute atomic E-state index is 0.0198. The van der Waals surface area contributed by atoms with E-state index in [-0.39, 0.29) is 47.1 Å². The van der Waals surface area contributed by atoms with Crippen molar-refractivity contribution in [3.05, 3.63) is 46.9 Å². The van der Waals surface area contributed by atoms with Gasteiger partial charge in [-0.2, -0.15) is 0 Å². The second kappa shape index (κ2) is 16.2. The molecule has 0 aromatic carbocycles. The zero-order valence-electron chi connectivity index (χ0n) is 26.2. The number of aryl methyl sites for hydroxylation is 1. The van der Waals surface area contributed by atoms with E-state index in [1.54, 1.807) is 37.1 Å². The molecule has 2 aromatic rings. The lowest BCUT2D eigenvalue weighted by atomic mass is 9.64. The molecular weight excluding hydrogens is 566 g/mol. The fourth-order valence-electron chi connectivity index (χ4n) is 6.46. The summed E-state index contributed by atoms with van der Waals surface area (Å²) in [7, 11) is 1.74. The largest absolute Gasteiger partial charge is 0.383 e. The van der Waals surface area contributed by atoms with Gasteiger partial charge in [0.1, 0.15) is 24.0 Å². The maximum Gasteiger partial charge on any atom is 0.274 e. The Kier molecular flexibility index (Phi) is 12.7. The SMILES string of the molecule is CC1CC2CCCC(NC(=O)Cn3cccc(NC=O)c3=O)(C1)C2.CCNC(=O)C(O)CCC(C)NC(=O)c1cncn1C. The van der Waals surface area contributed by atoms with Crippen LogP contribution in [0.5, 0.6) is 0 Å². The molecule has 4 rings (SSSR count). The Morgan fingerprint density at radius 1 is 1.25 bits per heavy atom. The summed E-state index contributed by atoms with van der Waals surface area (Å²) in [5.74, 6) is 0.621. The minimum Gasteiger partial charge on any atom is -0.383 e. The van der Waals surface area contributed by atoms with Crippen LogP contribution in [0.3, 0.4) is 0 Å². The van der Waals surface area contributed by atoms with Gasteiger partial charge in [0.25, 0.3) is 11.5 Å². The van der Waals surface area contributed by atoms with Crippen molar-refractivity contribution in [2.24, 2.45) is 18.9 Å². The van der Waals surface area contributed by atoms with E-state index >= 15 is 0 Å². The van der Waals surface area contributed by atoms with Crippen molar-refractivity contribution in [3.63, 3.8) is 0 Å². The summed E-state index contributed by atoms with van der Waals surface area (Å²) >= 11 is 0. The Morgan fingerprint density at radius 3 is 2.70 bits per heavy atom. The molecule has 2 aliphatic carbocycles. The Morgan fingerprint density at radius 2 is 2.02 bits per heavy atom. The van der Waals surface area contributed by atoms with Crippen LogP contribution in [0.1, 0.15) is 82.6 Å². The molecule has 5 N–H and O–H groups in total. The number of hydrogen-bond acceptors (Lipinski definition) is 7. The van der Waals surface area contributed by atoms with E-state index in [1.165, 1.54) is 29.7 Å². The van der Waals surface area contributed by atoms with Crippen LogP contribution in [-0.4, -0.2) is 67.6 Å². The third-order valence-corrected chi connectivity index (χ3v) is 8.33. The second-order valence-corrected chi connectivity index (χ2v) is 12.2. The van der Waals surface area contributed by atoms with Crippen molar-refractivity contribution in [3.8, 4) is 0 Å². The van der Waals surface area contributed by atoms with E-state index < -0.39 is 6.10 Å². The van der Waals surface area contributed by atoms with Gasteiger partial charge < -0.3 is 35.5 Å². The smallest absolute Gasteiger partial charge is 0.274 e. The average Bonchev–Trinajstić information content (AvgIpc) is 3.39. The van der Waals surface area contributed by atoms with Gasteiger partial charge in [-0.1, -0.05) is 19.8 Å². The fraction of sp³-hybridized carbons (Fsp3) is 0.613. The van der Waals surface area contributed by atoms with Crippen LogP contribution in [0, 0.1) is 11.8 Å². The normalized spacial score (nSPS) is 21.9. The first-order valence-electron chi connectivity index (χ1n) is 15.4. The molecule has 2 aromatic heterocycles. The van der Waals surface area contributed by atoms with E-state index in [9.17, 15) is 29.1 Å². The highest BCUT2D eigenvalue weighted by Gasteiger charge is 2.42. The molecule has 2 aliphatic rings. The molecule has 2 bridgehead atoms. The molecule has 0 aliphatic heterocycles. The van der Waals surface area contributed by atoms with Crippen molar-refractivity contribution >= 4 is 29.8 Å². The first-order chi connectivity index (χ1) is 21.0. The number of hydrogen-bond donors (Lipinski definition) is 5. The van der Waals surface area contributed by atoms with Crippen LogP contribution in [0.25, 0.3) is 0 Å². The molecule has 5 atom stereocenters. The third kappa shape index (κ3) is 9.76. The van der Waals surface area contributed by atoms with E-state index in [1.807, 2.05) is 6.92 Å². The highest BCUT2D eigenvalue weighted by Crippen LogP contribution is 2.45. The Labute approximate surface area is 258 Å².